The van der Waals surface area contributed by atoms with Crippen molar-refractivity contribution < 1.29 is 23.8 Å². The van der Waals surface area contributed by atoms with Crippen molar-refractivity contribution in [2.75, 3.05) is 5.32 Å². The fourth-order valence-corrected chi connectivity index (χ4v) is 2.24. The molecule has 0 saturated carbocycles. The smallest absolute Gasteiger partial charge is 0.325 e. The van der Waals surface area contributed by atoms with Gasteiger partial charge in [0.15, 0.2) is 23.5 Å². The molecule has 0 spiro atoms. The number of carboxylic acid groups (broad SMARTS) is 1. The van der Waals surface area contributed by atoms with E-state index in [0.717, 1.165) is 0 Å². The summed E-state index contributed by atoms with van der Waals surface area (Å²) in [6.07, 6.45) is 0.874. The maximum Gasteiger partial charge on any atom is 0.325 e. The fraction of sp³-hybridized carbons (Fsp3) is 0.214. The van der Waals surface area contributed by atoms with Crippen LogP contribution < -0.4 is 10.1 Å². The molecule has 1 aromatic heterocycles. The molecule has 1 atom stereocenters. The molecule has 1 unspecified atom stereocenters. The largest absolute Gasteiger partial charge is 0.480 e. The van der Waals surface area contributed by atoms with E-state index >= 15 is 0 Å². The van der Waals surface area contributed by atoms with Gasteiger partial charge in [-0.1, -0.05) is 12.1 Å². The summed E-state index contributed by atoms with van der Waals surface area (Å²) in [5, 5.41) is 15.1. The lowest BCUT2D eigenvalue weighted by Crippen LogP contribution is -2.31. The summed E-state index contributed by atoms with van der Waals surface area (Å²) >= 11 is 0. The SMILES string of the molecule is O=C(O)Cn1ccc(NC(=O)C2Cc3cccc(F)c3O2)n1. The minimum Gasteiger partial charge on any atom is -0.480 e. The second-order valence-corrected chi connectivity index (χ2v) is 4.82. The van der Waals surface area contributed by atoms with Crippen molar-refractivity contribution in [3.63, 3.8) is 0 Å². The van der Waals surface area contributed by atoms with Gasteiger partial charge in [0.2, 0.25) is 0 Å². The Bertz CT molecular complexity index is 743. The number of nitrogens with zero attached hydrogens (tertiary/aromatic N) is 2. The number of anilines is 1. The topological polar surface area (TPSA) is 93.5 Å². The van der Waals surface area contributed by atoms with Gasteiger partial charge in [0.05, 0.1) is 0 Å². The Balaban J connectivity index is 1.65. The highest BCUT2D eigenvalue weighted by Crippen LogP contribution is 2.31. The summed E-state index contributed by atoms with van der Waals surface area (Å²) in [7, 11) is 0. The lowest BCUT2D eigenvalue weighted by Gasteiger charge is -2.09. The molecule has 2 N–H and O–H groups in total. The standard InChI is InChI=1S/C14H12FN3O4/c15-9-3-1-2-8-6-10(22-13(8)9)14(21)16-11-4-5-18(17-11)7-12(19)20/h1-5,10H,6-7H2,(H,19,20)(H,16,17,21). The predicted octanol–water partition coefficient (Wildman–Crippen LogP) is 1.05. The first-order valence-corrected chi connectivity index (χ1v) is 6.53. The summed E-state index contributed by atoms with van der Waals surface area (Å²) < 4.78 is 20.1. The number of fused-ring (bicyclic) bond motifs is 1. The summed E-state index contributed by atoms with van der Waals surface area (Å²) in [6, 6.07) is 6.01. The van der Waals surface area contributed by atoms with Gasteiger partial charge in [0.1, 0.15) is 6.54 Å². The zero-order chi connectivity index (χ0) is 15.7. The number of aliphatic carboxylic acids is 1. The van der Waals surface area contributed by atoms with E-state index in [1.54, 1.807) is 12.1 Å². The second kappa shape index (κ2) is 5.47. The zero-order valence-corrected chi connectivity index (χ0v) is 11.3. The van der Waals surface area contributed by atoms with Gasteiger partial charge >= 0.3 is 5.97 Å². The quantitative estimate of drug-likeness (QED) is 0.880. The van der Waals surface area contributed by atoms with E-state index in [9.17, 15) is 14.0 Å². The molecule has 1 aliphatic rings. The van der Waals surface area contributed by atoms with Gasteiger partial charge in [-0.2, -0.15) is 5.10 Å². The molecule has 0 aliphatic carbocycles. The Hall–Kier alpha value is -2.90. The number of carbonyl (C=O) groups is 2. The predicted molar refractivity (Wildman–Crippen MR) is 73.0 cm³/mol. The molecule has 2 heterocycles. The number of ether oxygens (including phenoxy) is 1. The second-order valence-electron chi connectivity index (χ2n) is 4.82. The Morgan fingerprint density at radius 2 is 2.27 bits per heavy atom. The lowest BCUT2D eigenvalue weighted by molar-refractivity contribution is -0.137. The molecule has 0 fully saturated rings. The van der Waals surface area contributed by atoms with E-state index in [4.69, 9.17) is 9.84 Å². The van der Waals surface area contributed by atoms with Gasteiger partial charge in [0.25, 0.3) is 5.91 Å². The first-order valence-electron chi connectivity index (χ1n) is 6.53. The lowest BCUT2D eigenvalue weighted by atomic mass is 10.1. The van der Waals surface area contributed by atoms with E-state index in [-0.39, 0.29) is 24.5 Å². The van der Waals surface area contributed by atoms with Crippen molar-refractivity contribution in [3.8, 4) is 5.75 Å². The van der Waals surface area contributed by atoms with Crippen molar-refractivity contribution in [1.29, 1.82) is 0 Å². The average Bonchev–Trinajstić information content (AvgIpc) is 3.05. The van der Waals surface area contributed by atoms with Crippen LogP contribution in [0, 0.1) is 5.82 Å². The molecule has 1 aliphatic heterocycles. The van der Waals surface area contributed by atoms with Gasteiger partial charge in [-0.15, -0.1) is 0 Å². The minimum absolute atomic E-state index is 0.0963. The monoisotopic (exact) mass is 305 g/mol. The zero-order valence-electron chi connectivity index (χ0n) is 11.3. The Kier molecular flexibility index (Phi) is 3.50. The first kappa shape index (κ1) is 14.1. The number of carboxylic acids is 1. The maximum atomic E-state index is 13.6. The summed E-state index contributed by atoms with van der Waals surface area (Å²) in [5.74, 6) is -1.69. The Morgan fingerprint density at radius 1 is 1.45 bits per heavy atom. The molecule has 2 aromatic rings. The molecule has 7 nitrogen and oxygen atoms in total. The number of rotatable bonds is 4. The number of para-hydroxylation sites is 1. The van der Waals surface area contributed by atoms with Gasteiger partial charge in [-0.25, -0.2) is 4.39 Å². The Labute approximate surface area is 124 Å². The van der Waals surface area contributed by atoms with Crippen molar-refractivity contribution in [2.45, 2.75) is 19.1 Å². The first-order chi connectivity index (χ1) is 10.5. The number of hydrogen-bond donors (Lipinski definition) is 2. The molecular weight excluding hydrogens is 293 g/mol. The molecule has 22 heavy (non-hydrogen) atoms. The summed E-state index contributed by atoms with van der Waals surface area (Å²) in [4.78, 5) is 22.7. The van der Waals surface area contributed by atoms with E-state index in [1.165, 1.54) is 23.0 Å². The molecule has 0 bridgehead atoms. The Morgan fingerprint density at radius 3 is 3.00 bits per heavy atom. The van der Waals surface area contributed by atoms with Gasteiger partial charge < -0.3 is 15.2 Å². The number of carbonyl (C=O) groups excluding carboxylic acids is 1. The molecule has 0 saturated heterocycles. The third-order valence-electron chi connectivity index (χ3n) is 3.20. The molecule has 8 heteroatoms. The number of halogens is 1. The molecule has 1 amide bonds. The molecule has 1 aromatic carbocycles. The highest BCUT2D eigenvalue weighted by molar-refractivity contribution is 5.94. The van der Waals surface area contributed by atoms with Crippen LogP contribution in [0.4, 0.5) is 10.2 Å². The summed E-state index contributed by atoms with van der Waals surface area (Å²) in [6.45, 7) is -0.299. The number of hydrogen-bond acceptors (Lipinski definition) is 4. The molecular formula is C14H12FN3O4. The van der Waals surface area contributed by atoms with E-state index in [1.807, 2.05) is 0 Å². The van der Waals surface area contributed by atoms with E-state index in [2.05, 4.69) is 10.4 Å². The number of amides is 1. The van der Waals surface area contributed by atoms with Crippen LogP contribution in [0.5, 0.6) is 5.75 Å². The van der Waals surface area contributed by atoms with Crippen molar-refractivity contribution in [3.05, 3.63) is 41.8 Å². The average molecular weight is 305 g/mol. The third-order valence-corrected chi connectivity index (χ3v) is 3.20. The van der Waals surface area contributed by atoms with Crippen molar-refractivity contribution in [1.82, 2.24) is 9.78 Å². The van der Waals surface area contributed by atoms with Crippen LogP contribution in [-0.2, 0) is 22.6 Å². The fourth-order valence-electron chi connectivity index (χ4n) is 2.24. The molecule has 114 valence electrons. The van der Waals surface area contributed by atoms with Crippen LogP contribution in [0.3, 0.4) is 0 Å². The van der Waals surface area contributed by atoms with Crippen LogP contribution >= 0.6 is 0 Å². The normalized spacial score (nSPS) is 16.0. The number of aromatic nitrogens is 2. The van der Waals surface area contributed by atoms with Crippen LogP contribution in [0.1, 0.15) is 5.56 Å². The number of nitrogens with one attached hydrogen (secondary N) is 1. The van der Waals surface area contributed by atoms with E-state index < -0.39 is 23.8 Å². The molecule has 3 rings (SSSR count). The maximum absolute atomic E-state index is 13.6. The van der Waals surface area contributed by atoms with Crippen LogP contribution in [-0.4, -0.2) is 32.9 Å². The highest BCUT2D eigenvalue weighted by atomic mass is 19.1. The van der Waals surface area contributed by atoms with E-state index in [0.29, 0.717) is 5.56 Å². The summed E-state index contributed by atoms with van der Waals surface area (Å²) in [5.41, 5.74) is 0.636. The van der Waals surface area contributed by atoms with Crippen molar-refractivity contribution >= 4 is 17.7 Å². The van der Waals surface area contributed by atoms with Crippen LogP contribution in [0.15, 0.2) is 30.5 Å². The minimum atomic E-state index is -1.04. The van der Waals surface area contributed by atoms with Crippen LogP contribution in [0.25, 0.3) is 0 Å². The third kappa shape index (κ3) is 2.76. The molecule has 0 radical (unpaired) electrons. The highest BCUT2D eigenvalue weighted by Gasteiger charge is 2.31. The van der Waals surface area contributed by atoms with Gasteiger partial charge in [-0.3, -0.25) is 14.3 Å². The number of benzene rings is 1. The van der Waals surface area contributed by atoms with Crippen LogP contribution in [0.2, 0.25) is 0 Å². The van der Waals surface area contributed by atoms with Gasteiger partial charge in [-0.05, 0) is 6.07 Å². The van der Waals surface area contributed by atoms with Crippen molar-refractivity contribution in [2.24, 2.45) is 0 Å². The van der Waals surface area contributed by atoms with Gasteiger partial charge in [0, 0.05) is 24.2 Å².